The predicted octanol–water partition coefficient (Wildman–Crippen LogP) is 0.780. The lowest BCUT2D eigenvalue weighted by atomic mass is 9.90. The maximum absolute atomic E-state index is 11.7. The average Bonchev–Trinajstić information content (AvgIpc) is 3.23. The Labute approximate surface area is 112 Å². The Hall–Kier alpha value is -1.59. The molecule has 0 aromatic heterocycles. The molecule has 0 saturated heterocycles. The Morgan fingerprint density at radius 3 is 2.84 bits per heavy atom. The number of benzene rings is 1. The lowest BCUT2D eigenvalue weighted by Gasteiger charge is -2.28. The summed E-state index contributed by atoms with van der Waals surface area (Å²) in [6, 6.07) is 5.74. The van der Waals surface area contributed by atoms with Crippen LogP contribution in [0.25, 0.3) is 0 Å². The van der Waals surface area contributed by atoms with Gasteiger partial charge in [-0.3, -0.25) is 4.79 Å². The second kappa shape index (κ2) is 4.21. The summed E-state index contributed by atoms with van der Waals surface area (Å²) in [6.07, 6.45) is 2.15. The number of ether oxygens (including phenoxy) is 1. The summed E-state index contributed by atoms with van der Waals surface area (Å²) in [6.45, 7) is 0.707. The molecule has 1 atom stereocenters. The summed E-state index contributed by atoms with van der Waals surface area (Å²) < 4.78 is 5.41. The standard InChI is InChI=1S/C14H19N3O2/c1-17-10-6-9(13(16)14(8-15)4-5-14)2-3-11(10)19-7-12(17)18/h2-3,6,13H,4-5,7-8,15-16H2,1H3. The molecule has 102 valence electrons. The van der Waals surface area contributed by atoms with E-state index in [1.54, 1.807) is 11.9 Å². The number of hydrogen-bond acceptors (Lipinski definition) is 4. The first-order valence-electron chi connectivity index (χ1n) is 6.56. The number of fused-ring (bicyclic) bond motifs is 1. The van der Waals surface area contributed by atoms with Gasteiger partial charge in [-0.2, -0.15) is 0 Å². The van der Waals surface area contributed by atoms with Gasteiger partial charge in [0, 0.05) is 18.5 Å². The van der Waals surface area contributed by atoms with Gasteiger partial charge in [0.25, 0.3) is 5.91 Å². The quantitative estimate of drug-likeness (QED) is 0.842. The molecule has 1 heterocycles. The Bertz CT molecular complexity index is 525. The molecule has 1 aromatic carbocycles. The predicted molar refractivity (Wildman–Crippen MR) is 73.0 cm³/mol. The minimum atomic E-state index is -0.0757. The highest BCUT2D eigenvalue weighted by Crippen LogP contribution is 2.53. The number of likely N-dealkylation sites (N-methyl/N-ethyl adjacent to an activating group) is 1. The first kappa shape index (κ1) is 12.4. The van der Waals surface area contributed by atoms with Crippen molar-refractivity contribution in [2.24, 2.45) is 16.9 Å². The number of hydrogen-bond donors (Lipinski definition) is 2. The van der Waals surface area contributed by atoms with E-state index < -0.39 is 0 Å². The second-order valence-corrected chi connectivity index (χ2v) is 5.51. The molecule has 1 unspecified atom stereocenters. The van der Waals surface area contributed by atoms with Crippen LogP contribution in [-0.4, -0.2) is 26.1 Å². The van der Waals surface area contributed by atoms with E-state index in [1.807, 2.05) is 18.2 Å². The summed E-state index contributed by atoms with van der Waals surface area (Å²) in [7, 11) is 1.76. The lowest BCUT2D eigenvalue weighted by molar-refractivity contribution is -0.120. The highest BCUT2D eigenvalue weighted by molar-refractivity contribution is 5.97. The summed E-state index contributed by atoms with van der Waals surface area (Å²) >= 11 is 0. The molecule has 1 fully saturated rings. The summed E-state index contributed by atoms with van der Waals surface area (Å²) in [4.78, 5) is 13.3. The largest absolute Gasteiger partial charge is 0.482 e. The number of nitrogens with zero attached hydrogens (tertiary/aromatic N) is 1. The zero-order valence-corrected chi connectivity index (χ0v) is 11.1. The molecular weight excluding hydrogens is 242 g/mol. The van der Waals surface area contributed by atoms with Crippen molar-refractivity contribution in [3.8, 4) is 5.75 Å². The van der Waals surface area contributed by atoms with E-state index in [0.717, 1.165) is 29.8 Å². The minimum Gasteiger partial charge on any atom is -0.482 e. The average molecular weight is 261 g/mol. The molecule has 2 aliphatic rings. The highest BCUT2D eigenvalue weighted by atomic mass is 16.5. The van der Waals surface area contributed by atoms with Crippen LogP contribution in [0.5, 0.6) is 5.75 Å². The SMILES string of the molecule is CN1C(=O)COc2ccc(C(N)C3(CN)CC3)cc21. The number of carbonyl (C=O) groups is 1. The molecule has 1 amide bonds. The van der Waals surface area contributed by atoms with Gasteiger partial charge in [0.05, 0.1) is 5.69 Å². The van der Waals surface area contributed by atoms with Crippen molar-refractivity contribution in [2.75, 3.05) is 25.1 Å². The molecule has 1 aromatic rings. The number of nitrogens with two attached hydrogens (primary N) is 2. The molecule has 5 nitrogen and oxygen atoms in total. The van der Waals surface area contributed by atoms with Crippen LogP contribution in [0.1, 0.15) is 24.4 Å². The second-order valence-electron chi connectivity index (χ2n) is 5.51. The van der Waals surface area contributed by atoms with Crippen molar-refractivity contribution in [1.29, 1.82) is 0 Å². The van der Waals surface area contributed by atoms with Crippen LogP contribution in [0.15, 0.2) is 18.2 Å². The van der Waals surface area contributed by atoms with Crippen LogP contribution in [0.2, 0.25) is 0 Å². The molecule has 3 rings (SSSR count). The van der Waals surface area contributed by atoms with Gasteiger partial charge in [0.2, 0.25) is 0 Å². The van der Waals surface area contributed by atoms with Gasteiger partial charge in [0.1, 0.15) is 5.75 Å². The van der Waals surface area contributed by atoms with Gasteiger partial charge < -0.3 is 21.1 Å². The van der Waals surface area contributed by atoms with Crippen molar-refractivity contribution in [1.82, 2.24) is 0 Å². The van der Waals surface area contributed by atoms with Crippen molar-refractivity contribution >= 4 is 11.6 Å². The molecule has 0 spiro atoms. The van der Waals surface area contributed by atoms with Crippen LogP contribution in [0.3, 0.4) is 0 Å². The van der Waals surface area contributed by atoms with Gasteiger partial charge in [-0.1, -0.05) is 6.07 Å². The molecule has 5 heteroatoms. The van der Waals surface area contributed by atoms with E-state index in [-0.39, 0.29) is 24.0 Å². The van der Waals surface area contributed by atoms with Crippen molar-refractivity contribution in [2.45, 2.75) is 18.9 Å². The van der Waals surface area contributed by atoms with Crippen molar-refractivity contribution < 1.29 is 9.53 Å². The van der Waals surface area contributed by atoms with E-state index in [2.05, 4.69) is 0 Å². The third-order valence-corrected chi connectivity index (χ3v) is 4.39. The summed E-state index contributed by atoms with van der Waals surface area (Å²) in [5, 5.41) is 0. The van der Waals surface area contributed by atoms with E-state index in [9.17, 15) is 4.79 Å². The Morgan fingerprint density at radius 2 is 2.21 bits per heavy atom. The van der Waals surface area contributed by atoms with Gasteiger partial charge in [-0.25, -0.2) is 0 Å². The monoisotopic (exact) mass is 261 g/mol. The maximum Gasteiger partial charge on any atom is 0.264 e. The van der Waals surface area contributed by atoms with Crippen LogP contribution >= 0.6 is 0 Å². The molecule has 0 bridgehead atoms. The first-order chi connectivity index (χ1) is 9.07. The molecule has 1 saturated carbocycles. The van der Waals surface area contributed by atoms with Crippen LogP contribution < -0.4 is 21.1 Å². The lowest BCUT2D eigenvalue weighted by Crippen LogP contribution is -2.36. The zero-order valence-electron chi connectivity index (χ0n) is 11.1. The third kappa shape index (κ3) is 1.89. The zero-order chi connectivity index (χ0) is 13.6. The maximum atomic E-state index is 11.7. The van der Waals surface area contributed by atoms with E-state index >= 15 is 0 Å². The summed E-state index contributed by atoms with van der Waals surface area (Å²) in [5.41, 5.74) is 14.0. The van der Waals surface area contributed by atoms with Gasteiger partial charge >= 0.3 is 0 Å². The Balaban J connectivity index is 1.95. The smallest absolute Gasteiger partial charge is 0.264 e. The van der Waals surface area contributed by atoms with E-state index in [0.29, 0.717) is 6.54 Å². The summed E-state index contributed by atoms with van der Waals surface area (Å²) in [5.74, 6) is 0.689. The fraction of sp³-hybridized carbons (Fsp3) is 0.500. The number of carbonyl (C=O) groups excluding carboxylic acids is 1. The normalized spacial score (nSPS) is 21.6. The molecule has 1 aliphatic heterocycles. The fourth-order valence-electron chi connectivity index (χ4n) is 2.64. The highest BCUT2D eigenvalue weighted by Gasteiger charge is 2.47. The number of rotatable bonds is 3. The molecular formula is C14H19N3O2. The number of amides is 1. The topological polar surface area (TPSA) is 81.6 Å². The molecule has 19 heavy (non-hydrogen) atoms. The Morgan fingerprint density at radius 1 is 1.47 bits per heavy atom. The first-order valence-corrected chi connectivity index (χ1v) is 6.56. The molecule has 0 radical (unpaired) electrons. The van der Waals surface area contributed by atoms with Crippen molar-refractivity contribution in [3.63, 3.8) is 0 Å². The van der Waals surface area contributed by atoms with Crippen molar-refractivity contribution in [3.05, 3.63) is 23.8 Å². The van der Waals surface area contributed by atoms with Crippen LogP contribution in [0.4, 0.5) is 5.69 Å². The fourth-order valence-corrected chi connectivity index (χ4v) is 2.64. The van der Waals surface area contributed by atoms with Crippen LogP contribution in [-0.2, 0) is 4.79 Å². The van der Waals surface area contributed by atoms with E-state index in [4.69, 9.17) is 16.2 Å². The molecule has 4 N–H and O–H groups in total. The van der Waals surface area contributed by atoms with E-state index in [1.165, 1.54) is 0 Å². The van der Waals surface area contributed by atoms with Gasteiger partial charge in [-0.05, 0) is 37.1 Å². The Kier molecular flexibility index (Phi) is 2.76. The molecule has 1 aliphatic carbocycles. The number of anilines is 1. The minimum absolute atomic E-state index is 0.0434. The van der Waals surface area contributed by atoms with Gasteiger partial charge in [0.15, 0.2) is 6.61 Å². The van der Waals surface area contributed by atoms with Gasteiger partial charge in [-0.15, -0.1) is 0 Å². The third-order valence-electron chi connectivity index (χ3n) is 4.39. The van der Waals surface area contributed by atoms with Crippen LogP contribution in [0, 0.1) is 5.41 Å².